The minimum absolute atomic E-state index is 0.511. The highest BCUT2D eigenvalue weighted by Gasteiger charge is 1.94. The molecule has 0 saturated carbocycles. The fourth-order valence-electron chi connectivity index (χ4n) is 0.749. The van der Waals surface area contributed by atoms with Gasteiger partial charge in [-0.2, -0.15) is 5.26 Å². The molecule has 3 heteroatoms. The Bertz CT molecular complexity index is 291. The van der Waals surface area contributed by atoms with E-state index in [0.29, 0.717) is 24.3 Å². The van der Waals surface area contributed by atoms with Crippen molar-refractivity contribution in [3.05, 3.63) is 30.9 Å². The van der Waals surface area contributed by atoms with Crippen molar-refractivity contribution in [3.63, 3.8) is 0 Å². The molecule has 0 unspecified atom stereocenters. The third-order valence-corrected chi connectivity index (χ3v) is 1.26. The Hall–Kier alpha value is -1.56. The van der Waals surface area contributed by atoms with Gasteiger partial charge in [-0.05, 0) is 13.3 Å². The van der Waals surface area contributed by atoms with E-state index in [4.69, 9.17) is 10.00 Å². The Morgan fingerprint density at radius 3 is 3.08 bits per heavy atom. The Morgan fingerprint density at radius 1 is 1.58 bits per heavy atom. The van der Waals surface area contributed by atoms with Gasteiger partial charge in [0.2, 0.25) is 0 Å². The highest BCUT2D eigenvalue weighted by molar-refractivity contribution is 5.32. The van der Waals surface area contributed by atoms with Gasteiger partial charge in [-0.3, -0.25) is 4.98 Å². The van der Waals surface area contributed by atoms with Crippen LogP contribution in [-0.4, -0.2) is 11.6 Å². The predicted octanol–water partition coefficient (Wildman–Crippen LogP) is 1.56. The van der Waals surface area contributed by atoms with E-state index in [9.17, 15) is 0 Å². The minimum Gasteiger partial charge on any atom is -0.492 e. The summed E-state index contributed by atoms with van der Waals surface area (Å²) in [6.07, 6.45) is 3.78. The lowest BCUT2D eigenvalue weighted by atomic mass is 10.3. The van der Waals surface area contributed by atoms with E-state index in [-0.39, 0.29) is 0 Å². The molecule has 0 saturated heterocycles. The molecule has 0 atom stereocenters. The summed E-state index contributed by atoms with van der Waals surface area (Å²) in [6.45, 7) is 4.19. The first kappa shape index (κ1) is 8.54. The zero-order valence-corrected chi connectivity index (χ0v) is 6.66. The van der Waals surface area contributed by atoms with E-state index in [1.54, 1.807) is 12.3 Å². The molecule has 0 spiro atoms. The van der Waals surface area contributed by atoms with Crippen LogP contribution in [-0.2, 0) is 0 Å². The summed E-state index contributed by atoms with van der Waals surface area (Å²) in [7, 11) is 0. The van der Waals surface area contributed by atoms with Crippen molar-refractivity contribution in [3.8, 4) is 11.8 Å². The van der Waals surface area contributed by atoms with Crippen LogP contribution in [0.4, 0.5) is 0 Å². The standard InChI is InChI=1S/C9H9N2O/c1-2-3-12-9-4-8(5-10)6-11-7-9/h4,6-7H,1-3H2. The summed E-state index contributed by atoms with van der Waals surface area (Å²) >= 11 is 0. The lowest BCUT2D eigenvalue weighted by molar-refractivity contribution is 0.323. The van der Waals surface area contributed by atoms with E-state index < -0.39 is 0 Å². The van der Waals surface area contributed by atoms with Crippen LogP contribution in [0.3, 0.4) is 0 Å². The quantitative estimate of drug-likeness (QED) is 0.675. The Kier molecular flexibility index (Phi) is 3.09. The first-order valence-corrected chi connectivity index (χ1v) is 3.64. The van der Waals surface area contributed by atoms with Gasteiger partial charge in [0.15, 0.2) is 0 Å². The molecule has 1 heterocycles. The van der Waals surface area contributed by atoms with Crippen LogP contribution >= 0.6 is 0 Å². The van der Waals surface area contributed by atoms with Crippen LogP contribution in [0.1, 0.15) is 12.0 Å². The van der Waals surface area contributed by atoms with Crippen molar-refractivity contribution < 1.29 is 4.74 Å². The van der Waals surface area contributed by atoms with Crippen molar-refractivity contribution >= 4 is 0 Å². The number of hydrogen-bond donors (Lipinski definition) is 0. The van der Waals surface area contributed by atoms with Crippen molar-refractivity contribution in [2.75, 3.05) is 6.61 Å². The van der Waals surface area contributed by atoms with Gasteiger partial charge < -0.3 is 4.74 Å². The summed E-state index contributed by atoms with van der Waals surface area (Å²) in [6, 6.07) is 3.64. The third-order valence-electron chi connectivity index (χ3n) is 1.26. The second-order valence-electron chi connectivity index (χ2n) is 2.22. The third kappa shape index (κ3) is 2.24. The van der Waals surface area contributed by atoms with Crippen LogP contribution < -0.4 is 4.74 Å². The van der Waals surface area contributed by atoms with Crippen LogP contribution in [0.5, 0.6) is 5.75 Å². The molecule has 61 valence electrons. The molecule has 0 bridgehead atoms. The zero-order chi connectivity index (χ0) is 8.81. The number of nitrogens with zero attached hydrogens (tertiary/aromatic N) is 2. The number of rotatable bonds is 3. The predicted molar refractivity (Wildman–Crippen MR) is 44.4 cm³/mol. The van der Waals surface area contributed by atoms with Crippen LogP contribution in [0, 0.1) is 18.3 Å². The van der Waals surface area contributed by atoms with Gasteiger partial charge in [-0.1, -0.05) is 0 Å². The number of nitriles is 1. The molecule has 12 heavy (non-hydrogen) atoms. The highest BCUT2D eigenvalue weighted by atomic mass is 16.5. The van der Waals surface area contributed by atoms with Gasteiger partial charge >= 0.3 is 0 Å². The molecule has 1 rings (SSSR count). The molecule has 0 N–H and O–H groups in total. The Balaban J connectivity index is 2.68. The molecule has 3 nitrogen and oxygen atoms in total. The average Bonchev–Trinajstić information content (AvgIpc) is 2.15. The van der Waals surface area contributed by atoms with Crippen molar-refractivity contribution in [2.45, 2.75) is 6.42 Å². The summed E-state index contributed by atoms with van der Waals surface area (Å²) in [5.74, 6) is 0.623. The smallest absolute Gasteiger partial charge is 0.138 e. The first-order chi connectivity index (χ1) is 5.86. The summed E-state index contributed by atoms with van der Waals surface area (Å²) in [5.41, 5.74) is 0.511. The largest absolute Gasteiger partial charge is 0.492 e. The van der Waals surface area contributed by atoms with E-state index in [1.807, 2.05) is 6.07 Å². The lowest BCUT2D eigenvalue weighted by Crippen LogP contribution is -1.95. The summed E-state index contributed by atoms with van der Waals surface area (Å²) < 4.78 is 5.22. The summed E-state index contributed by atoms with van der Waals surface area (Å²) in [5, 5.41) is 8.53. The first-order valence-electron chi connectivity index (χ1n) is 3.64. The lowest BCUT2D eigenvalue weighted by Gasteiger charge is -2.02. The van der Waals surface area contributed by atoms with Crippen molar-refractivity contribution in [2.24, 2.45) is 0 Å². The van der Waals surface area contributed by atoms with Gasteiger partial charge in [0, 0.05) is 12.3 Å². The molecule has 1 aromatic rings. The Morgan fingerprint density at radius 2 is 2.42 bits per heavy atom. The molecule has 0 aromatic carbocycles. The monoisotopic (exact) mass is 161 g/mol. The second-order valence-corrected chi connectivity index (χ2v) is 2.22. The maximum absolute atomic E-state index is 8.53. The fraction of sp³-hybridized carbons (Fsp3) is 0.222. The molecule has 0 aliphatic heterocycles. The minimum atomic E-state index is 0.511. The fourth-order valence-corrected chi connectivity index (χ4v) is 0.749. The second kappa shape index (κ2) is 4.35. The maximum atomic E-state index is 8.53. The molecule has 1 aromatic heterocycles. The van der Waals surface area contributed by atoms with Crippen molar-refractivity contribution in [1.82, 2.24) is 4.98 Å². The van der Waals surface area contributed by atoms with Gasteiger partial charge in [-0.25, -0.2) is 0 Å². The van der Waals surface area contributed by atoms with E-state index >= 15 is 0 Å². The van der Waals surface area contributed by atoms with E-state index in [1.165, 1.54) is 6.20 Å². The van der Waals surface area contributed by atoms with Crippen LogP contribution in [0.25, 0.3) is 0 Å². The number of pyridine rings is 1. The van der Waals surface area contributed by atoms with Gasteiger partial charge in [0.25, 0.3) is 0 Å². The van der Waals surface area contributed by atoms with Crippen LogP contribution in [0.2, 0.25) is 0 Å². The molecule has 0 aliphatic rings. The molecule has 0 aliphatic carbocycles. The average molecular weight is 161 g/mol. The maximum Gasteiger partial charge on any atom is 0.138 e. The zero-order valence-electron chi connectivity index (χ0n) is 6.66. The van der Waals surface area contributed by atoms with Gasteiger partial charge in [-0.15, -0.1) is 0 Å². The molecule has 0 amide bonds. The van der Waals surface area contributed by atoms with Crippen molar-refractivity contribution in [1.29, 1.82) is 5.26 Å². The van der Waals surface area contributed by atoms with Crippen LogP contribution in [0.15, 0.2) is 18.5 Å². The molecule has 0 fully saturated rings. The van der Waals surface area contributed by atoms with E-state index in [2.05, 4.69) is 11.9 Å². The normalized spacial score (nSPS) is 9.00. The van der Waals surface area contributed by atoms with E-state index in [0.717, 1.165) is 0 Å². The summed E-state index contributed by atoms with van der Waals surface area (Å²) in [4.78, 5) is 3.84. The Labute approximate surface area is 71.6 Å². The molecular formula is C9H9N2O. The highest BCUT2D eigenvalue weighted by Crippen LogP contribution is 2.09. The molecule has 1 radical (unpaired) electrons. The van der Waals surface area contributed by atoms with Gasteiger partial charge in [0.1, 0.15) is 11.8 Å². The SMILES string of the molecule is [CH2]CCOc1cncc(C#N)c1. The topological polar surface area (TPSA) is 45.9 Å². The van der Waals surface area contributed by atoms with Gasteiger partial charge in [0.05, 0.1) is 18.4 Å². The number of aromatic nitrogens is 1. The number of ether oxygens (including phenoxy) is 1. The number of hydrogen-bond acceptors (Lipinski definition) is 3. The molecular weight excluding hydrogens is 152 g/mol.